The lowest BCUT2D eigenvalue weighted by Gasteiger charge is -2.25. The van der Waals surface area contributed by atoms with E-state index in [9.17, 15) is 4.79 Å². The molecule has 2 aromatic rings. The van der Waals surface area contributed by atoms with Crippen molar-refractivity contribution < 1.29 is 9.53 Å². The number of carbonyl (C=O) groups excluding carboxylic acids is 1. The predicted molar refractivity (Wildman–Crippen MR) is 102 cm³/mol. The molecule has 0 spiro atoms. The third-order valence-electron chi connectivity index (χ3n) is 5.96. The minimum absolute atomic E-state index is 0.223. The summed E-state index contributed by atoms with van der Waals surface area (Å²) in [6.45, 7) is 4.21. The van der Waals surface area contributed by atoms with E-state index in [-0.39, 0.29) is 5.91 Å². The van der Waals surface area contributed by atoms with E-state index in [1.165, 1.54) is 29.8 Å². The summed E-state index contributed by atoms with van der Waals surface area (Å²) >= 11 is 0. The first-order chi connectivity index (χ1) is 13.3. The molecule has 1 aromatic carbocycles. The molecule has 6 nitrogen and oxygen atoms in total. The van der Waals surface area contributed by atoms with E-state index in [1.807, 2.05) is 23.1 Å². The highest BCUT2D eigenvalue weighted by atomic mass is 16.5. The number of benzene rings is 1. The van der Waals surface area contributed by atoms with E-state index >= 15 is 0 Å². The van der Waals surface area contributed by atoms with Crippen molar-refractivity contribution in [3.63, 3.8) is 0 Å². The second kappa shape index (κ2) is 7.00. The second-order valence-electron chi connectivity index (χ2n) is 7.89. The smallest absolute Gasteiger partial charge is 0.236 e. The van der Waals surface area contributed by atoms with Gasteiger partial charge in [0.15, 0.2) is 0 Å². The number of carbonyl (C=O) groups is 1. The number of nitrogens with one attached hydrogen (secondary N) is 1. The molecule has 6 heteroatoms. The molecule has 3 heterocycles. The van der Waals surface area contributed by atoms with Gasteiger partial charge in [-0.2, -0.15) is 5.10 Å². The Kier molecular flexibility index (Phi) is 4.36. The van der Waals surface area contributed by atoms with Crippen LogP contribution >= 0.6 is 0 Å². The zero-order valence-electron chi connectivity index (χ0n) is 15.6. The fourth-order valence-corrected chi connectivity index (χ4v) is 4.26. The standard InChI is InChI=1S/C21H26N4O2/c26-20(14-24-11-12-27-19-4-2-1-3-16(19)13-24)25-9-7-17-18(8-10-25)22-23-21(17)15-5-6-15/h1-4,15H,5-14H2,(H,22,23). The fraction of sp³-hybridized carbons (Fsp3) is 0.524. The SMILES string of the molecule is O=C(CN1CCOc2ccccc2C1)N1CCc2[nH]nc(C3CC3)c2CC1. The number of ether oxygens (including phenoxy) is 1. The van der Waals surface area contributed by atoms with Crippen LogP contribution in [-0.2, 0) is 24.2 Å². The van der Waals surface area contributed by atoms with Gasteiger partial charge in [0.1, 0.15) is 12.4 Å². The van der Waals surface area contributed by atoms with E-state index in [0.717, 1.165) is 50.3 Å². The molecule has 0 saturated heterocycles. The van der Waals surface area contributed by atoms with Crippen LogP contribution in [0.15, 0.2) is 24.3 Å². The van der Waals surface area contributed by atoms with Gasteiger partial charge >= 0.3 is 0 Å². The summed E-state index contributed by atoms with van der Waals surface area (Å²) in [5, 5.41) is 7.78. The first-order valence-corrected chi connectivity index (χ1v) is 10.0. The van der Waals surface area contributed by atoms with Crippen LogP contribution in [0.25, 0.3) is 0 Å². The molecule has 1 aliphatic carbocycles. The average Bonchev–Trinajstić information content (AvgIpc) is 3.49. The highest BCUT2D eigenvalue weighted by Crippen LogP contribution is 2.41. The fourth-order valence-electron chi connectivity index (χ4n) is 4.26. The van der Waals surface area contributed by atoms with Crippen molar-refractivity contribution in [1.29, 1.82) is 0 Å². The first kappa shape index (κ1) is 16.8. The molecule has 2 aliphatic heterocycles. The largest absolute Gasteiger partial charge is 0.492 e. The molecular weight excluding hydrogens is 340 g/mol. The minimum Gasteiger partial charge on any atom is -0.492 e. The number of nitrogens with zero attached hydrogens (tertiary/aromatic N) is 3. The van der Waals surface area contributed by atoms with Crippen LogP contribution in [0, 0.1) is 0 Å². The molecule has 1 aromatic heterocycles. The Morgan fingerprint density at radius 1 is 1.19 bits per heavy atom. The highest BCUT2D eigenvalue weighted by Gasteiger charge is 2.32. The topological polar surface area (TPSA) is 61.5 Å². The van der Waals surface area contributed by atoms with Crippen LogP contribution in [0.4, 0.5) is 0 Å². The first-order valence-electron chi connectivity index (χ1n) is 10.0. The maximum absolute atomic E-state index is 13.0. The molecule has 0 atom stereocenters. The van der Waals surface area contributed by atoms with Gasteiger partial charge in [0.25, 0.3) is 0 Å². The summed E-state index contributed by atoms with van der Waals surface area (Å²) in [6, 6.07) is 8.12. The molecule has 1 saturated carbocycles. The number of aromatic amines is 1. The number of aromatic nitrogens is 2. The molecule has 1 N–H and O–H groups in total. The number of fused-ring (bicyclic) bond motifs is 2. The van der Waals surface area contributed by atoms with Crippen LogP contribution in [0.1, 0.15) is 41.3 Å². The molecular formula is C21H26N4O2. The van der Waals surface area contributed by atoms with Crippen molar-refractivity contribution in [3.05, 3.63) is 46.8 Å². The summed E-state index contributed by atoms with van der Waals surface area (Å²) in [5.74, 6) is 1.82. The number of rotatable bonds is 3. The number of para-hydroxylation sites is 1. The van der Waals surface area contributed by atoms with E-state index in [4.69, 9.17) is 4.74 Å². The van der Waals surface area contributed by atoms with Gasteiger partial charge in [-0.05, 0) is 30.9 Å². The summed E-state index contributed by atoms with van der Waals surface area (Å²) in [6.07, 6.45) is 4.33. The maximum Gasteiger partial charge on any atom is 0.236 e. The van der Waals surface area contributed by atoms with Gasteiger partial charge < -0.3 is 9.64 Å². The van der Waals surface area contributed by atoms with E-state index < -0.39 is 0 Å². The van der Waals surface area contributed by atoms with Crippen molar-refractivity contribution in [1.82, 2.24) is 20.0 Å². The predicted octanol–water partition coefficient (Wildman–Crippen LogP) is 2.11. The molecule has 1 fully saturated rings. The van der Waals surface area contributed by atoms with Gasteiger partial charge in [-0.1, -0.05) is 18.2 Å². The Balaban J connectivity index is 1.23. The quantitative estimate of drug-likeness (QED) is 0.904. The van der Waals surface area contributed by atoms with Crippen molar-refractivity contribution >= 4 is 5.91 Å². The van der Waals surface area contributed by atoms with Gasteiger partial charge in [0, 0.05) is 49.8 Å². The summed E-state index contributed by atoms with van der Waals surface area (Å²) < 4.78 is 5.82. The molecule has 142 valence electrons. The Morgan fingerprint density at radius 2 is 2.04 bits per heavy atom. The molecule has 0 bridgehead atoms. The maximum atomic E-state index is 13.0. The van der Waals surface area contributed by atoms with Gasteiger partial charge in [-0.15, -0.1) is 0 Å². The average molecular weight is 366 g/mol. The van der Waals surface area contributed by atoms with E-state index in [2.05, 4.69) is 21.2 Å². The number of hydrogen-bond acceptors (Lipinski definition) is 4. The zero-order valence-corrected chi connectivity index (χ0v) is 15.6. The molecule has 3 aliphatic rings. The Morgan fingerprint density at radius 3 is 2.93 bits per heavy atom. The van der Waals surface area contributed by atoms with Crippen molar-refractivity contribution in [2.75, 3.05) is 32.8 Å². The summed E-state index contributed by atoms with van der Waals surface area (Å²) in [7, 11) is 0. The second-order valence-corrected chi connectivity index (χ2v) is 7.89. The van der Waals surface area contributed by atoms with Crippen molar-refractivity contribution in [3.8, 4) is 5.75 Å². The Hall–Kier alpha value is -2.34. The number of amides is 1. The lowest BCUT2D eigenvalue weighted by atomic mass is 10.1. The van der Waals surface area contributed by atoms with Crippen LogP contribution in [-0.4, -0.2) is 58.7 Å². The van der Waals surface area contributed by atoms with E-state index in [1.54, 1.807) is 0 Å². The molecule has 0 radical (unpaired) electrons. The lowest BCUT2D eigenvalue weighted by Crippen LogP contribution is -2.42. The number of H-pyrrole nitrogens is 1. The van der Waals surface area contributed by atoms with Crippen molar-refractivity contribution in [2.24, 2.45) is 0 Å². The lowest BCUT2D eigenvalue weighted by molar-refractivity contribution is -0.132. The monoisotopic (exact) mass is 366 g/mol. The molecule has 27 heavy (non-hydrogen) atoms. The summed E-state index contributed by atoms with van der Waals surface area (Å²) in [4.78, 5) is 17.2. The summed E-state index contributed by atoms with van der Waals surface area (Å²) in [5.41, 5.74) is 5.04. The van der Waals surface area contributed by atoms with Gasteiger partial charge in [-0.25, -0.2) is 0 Å². The Bertz CT molecular complexity index is 842. The van der Waals surface area contributed by atoms with Gasteiger partial charge in [0.05, 0.1) is 12.2 Å². The van der Waals surface area contributed by atoms with E-state index in [0.29, 0.717) is 19.1 Å². The van der Waals surface area contributed by atoms with Crippen LogP contribution < -0.4 is 4.74 Å². The van der Waals surface area contributed by atoms with Crippen LogP contribution in [0.2, 0.25) is 0 Å². The minimum atomic E-state index is 0.223. The zero-order chi connectivity index (χ0) is 18.2. The van der Waals surface area contributed by atoms with Crippen LogP contribution in [0.3, 0.4) is 0 Å². The molecule has 1 amide bonds. The third-order valence-corrected chi connectivity index (χ3v) is 5.96. The molecule has 0 unspecified atom stereocenters. The van der Waals surface area contributed by atoms with Crippen LogP contribution in [0.5, 0.6) is 5.75 Å². The van der Waals surface area contributed by atoms with Crippen molar-refractivity contribution in [2.45, 2.75) is 38.1 Å². The molecule has 5 rings (SSSR count). The normalized spacial score (nSPS) is 20.2. The number of hydrogen-bond donors (Lipinski definition) is 1. The van der Waals surface area contributed by atoms with Gasteiger partial charge in [-0.3, -0.25) is 14.8 Å². The van der Waals surface area contributed by atoms with Gasteiger partial charge in [0.2, 0.25) is 5.91 Å². The Labute approximate surface area is 159 Å². The third kappa shape index (κ3) is 3.46. The highest BCUT2D eigenvalue weighted by molar-refractivity contribution is 5.78.